The van der Waals surface area contributed by atoms with Crippen LogP contribution in [-0.2, 0) is 23.8 Å². The van der Waals surface area contributed by atoms with Crippen LogP contribution in [0.5, 0.6) is 0 Å². The highest BCUT2D eigenvalue weighted by atomic mass is 16.7. The second-order valence-electron chi connectivity index (χ2n) is 22.5. The van der Waals surface area contributed by atoms with Crippen molar-refractivity contribution in [2.45, 2.75) is 339 Å². The van der Waals surface area contributed by atoms with Crippen LogP contribution in [0, 0.1) is 0 Å². The second kappa shape index (κ2) is 54.9. The Morgan fingerprint density at radius 1 is 0.500 bits per heavy atom. The Labute approximate surface area is 478 Å². The van der Waals surface area contributed by atoms with Crippen LogP contribution in [0.25, 0.3) is 0 Å². The van der Waals surface area contributed by atoms with Gasteiger partial charge in [0.05, 0.1) is 25.4 Å². The topological polar surface area (TPSA) is 175 Å². The van der Waals surface area contributed by atoms with Crippen molar-refractivity contribution in [3.63, 3.8) is 0 Å². The maximum absolute atomic E-state index is 13.4. The summed E-state index contributed by atoms with van der Waals surface area (Å²) in [7, 11) is 0. The molecule has 1 aliphatic heterocycles. The third-order valence-corrected chi connectivity index (χ3v) is 15.1. The van der Waals surface area contributed by atoms with Crippen molar-refractivity contribution < 1.29 is 49.3 Å². The average molecular weight is 1100 g/mol. The average Bonchev–Trinajstić information content (AvgIpc) is 3.44. The molecule has 8 unspecified atom stereocenters. The van der Waals surface area contributed by atoms with E-state index in [1.54, 1.807) is 6.08 Å². The number of amides is 1. The lowest BCUT2D eigenvalue weighted by atomic mass is 9.99. The number of unbranched alkanes of at least 4 members (excludes halogenated alkanes) is 33. The van der Waals surface area contributed by atoms with Crippen LogP contribution in [0.2, 0.25) is 0 Å². The zero-order valence-electron chi connectivity index (χ0n) is 50.3. The number of esters is 1. The number of carbonyl (C=O) groups is 2. The lowest BCUT2D eigenvalue weighted by molar-refractivity contribution is -0.305. The zero-order chi connectivity index (χ0) is 56.8. The van der Waals surface area contributed by atoms with Gasteiger partial charge in [-0.05, 0) is 89.9 Å². The quantitative estimate of drug-likeness (QED) is 0.0195. The Morgan fingerprint density at radius 2 is 0.885 bits per heavy atom. The summed E-state index contributed by atoms with van der Waals surface area (Å²) in [6, 6.07) is -1.03. The molecule has 0 aromatic carbocycles. The van der Waals surface area contributed by atoms with Crippen LogP contribution >= 0.6 is 0 Å². The molecule has 0 bridgehead atoms. The summed E-state index contributed by atoms with van der Waals surface area (Å²) in [4.78, 5) is 26.6. The second-order valence-corrected chi connectivity index (χ2v) is 22.5. The highest BCUT2D eigenvalue weighted by Gasteiger charge is 2.47. The molecule has 1 fully saturated rings. The number of ether oxygens (including phenoxy) is 3. The highest BCUT2D eigenvalue weighted by molar-refractivity contribution is 5.80. The summed E-state index contributed by atoms with van der Waals surface area (Å²) < 4.78 is 17.6. The Kier molecular flexibility index (Phi) is 51.7. The van der Waals surface area contributed by atoms with Crippen LogP contribution < -0.4 is 5.32 Å². The van der Waals surface area contributed by atoms with Gasteiger partial charge in [-0.25, -0.2) is 0 Å². The molecular formula is C67H121NO10. The molecule has 1 heterocycles. The first-order chi connectivity index (χ1) is 38.2. The van der Waals surface area contributed by atoms with Crippen LogP contribution in [0.1, 0.15) is 290 Å². The monoisotopic (exact) mass is 1100 g/mol. The summed E-state index contributed by atoms with van der Waals surface area (Å²) in [5.74, 6) is -1.20. The van der Waals surface area contributed by atoms with Crippen LogP contribution in [0.4, 0.5) is 0 Å². The van der Waals surface area contributed by atoms with E-state index in [4.69, 9.17) is 14.2 Å². The number of nitrogens with one attached hydrogen (secondary N) is 1. The number of aliphatic hydroxyl groups is 5. The van der Waals surface area contributed by atoms with Crippen molar-refractivity contribution in [3.05, 3.63) is 60.8 Å². The molecule has 0 aromatic rings. The molecule has 11 heteroatoms. The number of rotatable bonds is 55. The number of hydrogen-bond donors (Lipinski definition) is 6. The SMILES string of the molecule is CCCCC/C=C\C/C=C\CCCCCCCCCCCCC(O)C(=O)NC(COC1OC(CO)C(O)C(O)C1OC(=O)CCCCCCCCC/C=C\C/C=C\CCCCC)C(O)/C=C/CCCCCCCCCCCC. The first-order valence-corrected chi connectivity index (χ1v) is 32.6. The first-order valence-electron chi connectivity index (χ1n) is 32.6. The molecule has 6 N–H and O–H groups in total. The minimum Gasteiger partial charge on any atom is -0.454 e. The number of hydrogen-bond acceptors (Lipinski definition) is 10. The van der Waals surface area contributed by atoms with Gasteiger partial charge in [0, 0.05) is 6.42 Å². The van der Waals surface area contributed by atoms with E-state index in [1.807, 2.05) is 6.08 Å². The van der Waals surface area contributed by atoms with Crippen LogP contribution in [0.3, 0.4) is 0 Å². The maximum atomic E-state index is 13.4. The fraction of sp³-hybridized carbons (Fsp3) is 0.821. The zero-order valence-corrected chi connectivity index (χ0v) is 50.3. The van der Waals surface area contributed by atoms with Crippen molar-refractivity contribution in [3.8, 4) is 0 Å². The van der Waals surface area contributed by atoms with Crippen molar-refractivity contribution in [2.75, 3.05) is 13.2 Å². The fourth-order valence-electron chi connectivity index (χ4n) is 9.95. The molecule has 0 aliphatic carbocycles. The van der Waals surface area contributed by atoms with E-state index in [9.17, 15) is 35.1 Å². The summed E-state index contributed by atoms with van der Waals surface area (Å²) >= 11 is 0. The molecule has 1 aliphatic rings. The van der Waals surface area contributed by atoms with Gasteiger partial charge in [0.15, 0.2) is 12.4 Å². The molecule has 1 amide bonds. The fourth-order valence-corrected chi connectivity index (χ4v) is 9.95. The largest absolute Gasteiger partial charge is 0.454 e. The molecule has 1 saturated heterocycles. The number of allylic oxidation sites excluding steroid dienone is 9. The van der Waals surface area contributed by atoms with Gasteiger partial charge in [0.1, 0.15) is 24.4 Å². The maximum Gasteiger partial charge on any atom is 0.306 e. The van der Waals surface area contributed by atoms with Crippen LogP contribution in [0.15, 0.2) is 60.8 Å². The highest BCUT2D eigenvalue weighted by Crippen LogP contribution is 2.26. The summed E-state index contributed by atoms with van der Waals surface area (Å²) in [5, 5.41) is 57.1. The number of carbonyl (C=O) groups excluding carboxylic acids is 2. The minimum atomic E-state index is -1.62. The predicted octanol–water partition coefficient (Wildman–Crippen LogP) is 15.8. The van der Waals surface area contributed by atoms with E-state index in [1.165, 1.54) is 154 Å². The Morgan fingerprint density at radius 3 is 1.33 bits per heavy atom. The summed E-state index contributed by atoms with van der Waals surface area (Å²) in [6.45, 7) is 5.75. The van der Waals surface area contributed by atoms with Crippen molar-refractivity contribution in [1.29, 1.82) is 0 Å². The van der Waals surface area contributed by atoms with Gasteiger partial charge >= 0.3 is 5.97 Å². The van der Waals surface area contributed by atoms with Gasteiger partial charge in [0.2, 0.25) is 5.91 Å². The molecule has 0 aromatic heterocycles. The van der Waals surface area contributed by atoms with Gasteiger partial charge in [-0.3, -0.25) is 9.59 Å². The van der Waals surface area contributed by atoms with Gasteiger partial charge in [0.25, 0.3) is 0 Å². The first kappa shape index (κ1) is 73.4. The molecule has 11 nitrogen and oxygen atoms in total. The lowest BCUT2D eigenvalue weighted by Gasteiger charge is -2.41. The smallest absolute Gasteiger partial charge is 0.306 e. The van der Waals surface area contributed by atoms with Gasteiger partial charge in [-0.15, -0.1) is 0 Å². The van der Waals surface area contributed by atoms with E-state index in [2.05, 4.69) is 74.7 Å². The predicted molar refractivity (Wildman–Crippen MR) is 324 cm³/mol. The third-order valence-electron chi connectivity index (χ3n) is 15.1. The molecular weight excluding hydrogens is 979 g/mol. The summed E-state index contributed by atoms with van der Waals surface area (Å²) in [5.41, 5.74) is 0. The Balaban J connectivity index is 2.65. The standard InChI is InChI=1S/C67H121NO10/c1-4-7-10-13-16-19-22-25-27-29-30-31-33-34-36-39-42-45-48-51-54-60(71)66(75)68-58(59(70)53-50-47-44-41-38-24-21-18-15-12-9-6-3)57-76-67-65(64(74)63(73)61(56-69)77-67)78-62(72)55-52-49-46-43-40-37-35-32-28-26-23-20-17-14-11-8-5-2/h16-17,19-20,25-28,50,53,58-61,63-65,67,69-71,73-74H,4-15,18,21-24,29-49,51-52,54-57H2,1-3H3,(H,68,75)/b19-16-,20-17-,27-25-,28-26-,53-50+. The third kappa shape index (κ3) is 42.2. The van der Waals surface area contributed by atoms with Gasteiger partial charge in [-0.2, -0.15) is 0 Å². The van der Waals surface area contributed by atoms with E-state index in [0.717, 1.165) is 89.9 Å². The molecule has 8 atom stereocenters. The van der Waals surface area contributed by atoms with Crippen molar-refractivity contribution >= 4 is 11.9 Å². The molecule has 78 heavy (non-hydrogen) atoms. The van der Waals surface area contributed by atoms with E-state index in [0.29, 0.717) is 12.8 Å². The summed E-state index contributed by atoms with van der Waals surface area (Å²) in [6.07, 6.45) is 58.2. The Hall–Kier alpha value is -2.64. The van der Waals surface area contributed by atoms with Crippen LogP contribution in [-0.4, -0.2) is 99.6 Å². The molecule has 1 rings (SSSR count). The molecule has 454 valence electrons. The van der Waals surface area contributed by atoms with E-state index in [-0.39, 0.29) is 19.4 Å². The minimum absolute atomic E-state index is 0.114. The van der Waals surface area contributed by atoms with Crippen molar-refractivity contribution in [2.24, 2.45) is 0 Å². The van der Waals surface area contributed by atoms with Crippen molar-refractivity contribution in [1.82, 2.24) is 5.32 Å². The molecule has 0 spiro atoms. The molecule has 0 radical (unpaired) electrons. The van der Waals surface area contributed by atoms with E-state index < -0.39 is 67.4 Å². The normalized spacial score (nSPS) is 19.3. The Bertz CT molecular complexity index is 1500. The lowest BCUT2D eigenvalue weighted by Crippen LogP contribution is -2.61. The van der Waals surface area contributed by atoms with E-state index >= 15 is 0 Å². The van der Waals surface area contributed by atoms with Gasteiger partial charge in [-0.1, -0.05) is 255 Å². The molecule has 0 saturated carbocycles. The number of aliphatic hydroxyl groups excluding tert-OH is 5. The van der Waals surface area contributed by atoms with Gasteiger partial charge < -0.3 is 45.1 Å².